The van der Waals surface area contributed by atoms with Gasteiger partial charge in [-0.1, -0.05) is 50.8 Å². The average molecular weight is 519 g/mol. The van der Waals surface area contributed by atoms with Crippen LogP contribution < -0.4 is 9.47 Å². The molecule has 1 N–H and O–H groups in total. The van der Waals surface area contributed by atoms with Crippen LogP contribution in [0.5, 0.6) is 11.5 Å². The lowest BCUT2D eigenvalue weighted by atomic mass is 9.95. The van der Waals surface area contributed by atoms with Crippen molar-refractivity contribution in [1.82, 2.24) is 9.80 Å². The number of furan rings is 1. The highest BCUT2D eigenvalue weighted by molar-refractivity contribution is 6.16. The number of ether oxygens (including phenoxy) is 2. The first kappa shape index (κ1) is 27.0. The Kier molecular flexibility index (Phi) is 8.53. The molecule has 0 fully saturated rings. The molecule has 4 rings (SSSR count). The Hall–Kier alpha value is -4.04. The monoisotopic (exact) mass is 518 g/mol. The standard InChI is InChI=1S/C30H34N2O6/c1-5-18-37-22-14-12-20(13-15-22)26-25(28(34)30(35)32(26)17-9-16-31(6-2)7-3)27(33)24-19-21-10-8-11-23(36-4)29(21)38-24/h5,8,10-15,19,26,34H,1,6-7,9,16-18H2,2-4H3. The molecule has 8 nitrogen and oxygen atoms in total. The maximum absolute atomic E-state index is 13.8. The third kappa shape index (κ3) is 5.31. The van der Waals surface area contributed by atoms with E-state index in [-0.39, 0.29) is 11.3 Å². The maximum atomic E-state index is 13.8. The van der Waals surface area contributed by atoms with Crippen LogP contribution in [-0.4, -0.2) is 66.5 Å². The molecule has 0 bridgehead atoms. The molecule has 0 aliphatic carbocycles. The summed E-state index contributed by atoms with van der Waals surface area (Å²) in [5, 5.41) is 11.7. The summed E-state index contributed by atoms with van der Waals surface area (Å²) in [5.74, 6) is -0.513. The quantitative estimate of drug-likeness (QED) is 0.242. The predicted molar refractivity (Wildman–Crippen MR) is 146 cm³/mol. The number of nitrogens with zero attached hydrogens (tertiary/aromatic N) is 2. The van der Waals surface area contributed by atoms with Crippen molar-refractivity contribution < 1.29 is 28.6 Å². The third-order valence-electron chi connectivity index (χ3n) is 6.83. The van der Waals surface area contributed by atoms with Gasteiger partial charge in [0.1, 0.15) is 12.4 Å². The minimum absolute atomic E-state index is 0.00405. The first-order chi connectivity index (χ1) is 18.4. The van der Waals surface area contributed by atoms with Gasteiger partial charge in [0, 0.05) is 11.9 Å². The molecule has 0 saturated heterocycles. The van der Waals surface area contributed by atoms with Gasteiger partial charge in [-0.2, -0.15) is 0 Å². The van der Waals surface area contributed by atoms with Crippen molar-refractivity contribution in [3.05, 3.63) is 83.8 Å². The number of fused-ring (bicyclic) bond motifs is 1. The number of benzene rings is 2. The molecule has 38 heavy (non-hydrogen) atoms. The molecule has 200 valence electrons. The van der Waals surface area contributed by atoms with Gasteiger partial charge >= 0.3 is 0 Å². The van der Waals surface area contributed by atoms with E-state index in [0.29, 0.717) is 47.6 Å². The summed E-state index contributed by atoms with van der Waals surface area (Å²) in [7, 11) is 1.53. The van der Waals surface area contributed by atoms with Crippen molar-refractivity contribution >= 4 is 22.7 Å². The Morgan fingerprint density at radius 1 is 1.18 bits per heavy atom. The van der Waals surface area contributed by atoms with Crippen LogP contribution in [0, 0.1) is 0 Å². The van der Waals surface area contributed by atoms with E-state index in [1.54, 1.807) is 53.4 Å². The molecule has 2 aromatic carbocycles. The molecule has 0 saturated carbocycles. The van der Waals surface area contributed by atoms with Gasteiger partial charge in [0.15, 0.2) is 22.9 Å². The largest absolute Gasteiger partial charge is 0.503 e. The second-order valence-electron chi connectivity index (χ2n) is 9.03. The van der Waals surface area contributed by atoms with Crippen LogP contribution in [0.25, 0.3) is 11.0 Å². The van der Waals surface area contributed by atoms with Gasteiger partial charge in [-0.3, -0.25) is 9.59 Å². The molecule has 1 aromatic heterocycles. The molecular weight excluding hydrogens is 484 g/mol. The summed E-state index contributed by atoms with van der Waals surface area (Å²) in [6.07, 6.45) is 2.35. The zero-order valence-electron chi connectivity index (χ0n) is 22.1. The normalized spacial score (nSPS) is 15.5. The van der Waals surface area contributed by atoms with Crippen LogP contribution in [0.15, 0.2) is 76.9 Å². The highest BCUT2D eigenvalue weighted by atomic mass is 16.5. The third-order valence-corrected chi connectivity index (χ3v) is 6.83. The molecule has 0 spiro atoms. The van der Waals surface area contributed by atoms with Crippen molar-refractivity contribution in [2.75, 3.05) is 39.9 Å². The van der Waals surface area contributed by atoms with Gasteiger partial charge in [0.05, 0.1) is 18.7 Å². The van der Waals surface area contributed by atoms with E-state index in [1.165, 1.54) is 7.11 Å². The van der Waals surface area contributed by atoms with Crippen molar-refractivity contribution in [1.29, 1.82) is 0 Å². The second-order valence-corrected chi connectivity index (χ2v) is 9.03. The fourth-order valence-corrected chi connectivity index (χ4v) is 4.81. The van der Waals surface area contributed by atoms with Gasteiger partial charge in [-0.05, 0) is 55.9 Å². The molecule has 1 atom stereocenters. The Balaban J connectivity index is 1.70. The highest BCUT2D eigenvalue weighted by Crippen LogP contribution is 2.40. The van der Waals surface area contributed by atoms with Crippen LogP contribution in [0.2, 0.25) is 0 Å². The summed E-state index contributed by atoms with van der Waals surface area (Å²) in [6, 6.07) is 13.4. The fraction of sp³-hybridized carbons (Fsp3) is 0.333. The number of amides is 1. The van der Waals surface area contributed by atoms with Gasteiger partial charge in [-0.15, -0.1) is 0 Å². The van der Waals surface area contributed by atoms with E-state index < -0.39 is 23.5 Å². The van der Waals surface area contributed by atoms with Crippen LogP contribution in [-0.2, 0) is 4.79 Å². The number of methoxy groups -OCH3 is 1. The fourth-order valence-electron chi connectivity index (χ4n) is 4.81. The first-order valence-electron chi connectivity index (χ1n) is 12.8. The van der Waals surface area contributed by atoms with E-state index in [9.17, 15) is 14.7 Å². The number of para-hydroxylation sites is 1. The van der Waals surface area contributed by atoms with Crippen molar-refractivity contribution in [3.63, 3.8) is 0 Å². The molecule has 2 heterocycles. The summed E-state index contributed by atoms with van der Waals surface area (Å²) in [5.41, 5.74) is 1.11. The predicted octanol–water partition coefficient (Wildman–Crippen LogP) is 5.32. The van der Waals surface area contributed by atoms with Crippen LogP contribution in [0.4, 0.5) is 0 Å². The average Bonchev–Trinajstić information content (AvgIpc) is 3.49. The molecule has 1 aliphatic heterocycles. The van der Waals surface area contributed by atoms with Gasteiger partial charge < -0.3 is 28.8 Å². The van der Waals surface area contributed by atoms with E-state index in [2.05, 4.69) is 25.3 Å². The number of hydrogen-bond acceptors (Lipinski definition) is 7. The minimum atomic E-state index is -0.768. The number of carbonyl (C=O) groups is 2. The number of hydrogen-bond donors (Lipinski definition) is 1. The topological polar surface area (TPSA) is 92.4 Å². The van der Waals surface area contributed by atoms with Gasteiger partial charge in [0.2, 0.25) is 5.78 Å². The summed E-state index contributed by atoms with van der Waals surface area (Å²) >= 11 is 0. The maximum Gasteiger partial charge on any atom is 0.290 e. The van der Waals surface area contributed by atoms with E-state index >= 15 is 0 Å². The summed E-state index contributed by atoms with van der Waals surface area (Å²) in [6.45, 7) is 11.2. The lowest BCUT2D eigenvalue weighted by molar-refractivity contribution is -0.129. The number of Topliss-reactive ketones (excluding diaryl/α,β-unsaturated/α-hetero) is 1. The lowest BCUT2D eigenvalue weighted by Crippen LogP contribution is -2.34. The molecule has 3 aromatic rings. The van der Waals surface area contributed by atoms with Crippen LogP contribution in [0.3, 0.4) is 0 Å². The number of aliphatic hydroxyl groups excluding tert-OH is 1. The Morgan fingerprint density at radius 3 is 2.58 bits per heavy atom. The molecular formula is C30H34N2O6. The number of carbonyl (C=O) groups excluding carboxylic acids is 2. The SMILES string of the molecule is C=CCOc1ccc(C2C(C(=O)c3cc4cccc(OC)c4o3)=C(O)C(=O)N2CCCN(CC)CC)cc1. The smallest absolute Gasteiger partial charge is 0.290 e. The number of aliphatic hydroxyl groups is 1. The first-order valence-corrected chi connectivity index (χ1v) is 12.8. The van der Waals surface area contributed by atoms with E-state index in [4.69, 9.17) is 13.9 Å². The molecule has 1 amide bonds. The minimum Gasteiger partial charge on any atom is -0.503 e. The Morgan fingerprint density at radius 2 is 1.92 bits per heavy atom. The molecule has 0 radical (unpaired) electrons. The molecule has 1 unspecified atom stereocenters. The second kappa shape index (κ2) is 12.0. The zero-order chi connectivity index (χ0) is 27.2. The van der Waals surface area contributed by atoms with Gasteiger partial charge in [0.25, 0.3) is 5.91 Å². The number of rotatable bonds is 13. The van der Waals surface area contributed by atoms with Crippen molar-refractivity contribution in [2.45, 2.75) is 26.3 Å². The summed E-state index contributed by atoms with van der Waals surface area (Å²) in [4.78, 5) is 30.9. The lowest BCUT2D eigenvalue weighted by Gasteiger charge is -2.28. The highest BCUT2D eigenvalue weighted by Gasteiger charge is 2.44. The van der Waals surface area contributed by atoms with E-state index in [1.807, 2.05) is 6.07 Å². The number of ketones is 1. The summed E-state index contributed by atoms with van der Waals surface area (Å²) < 4.78 is 16.8. The zero-order valence-corrected chi connectivity index (χ0v) is 22.1. The van der Waals surface area contributed by atoms with Crippen molar-refractivity contribution in [3.8, 4) is 11.5 Å². The Bertz CT molecular complexity index is 1340. The van der Waals surface area contributed by atoms with Crippen LogP contribution in [0.1, 0.15) is 42.4 Å². The van der Waals surface area contributed by atoms with E-state index in [0.717, 1.165) is 19.6 Å². The molecule has 1 aliphatic rings. The Labute approximate surface area is 222 Å². The van der Waals surface area contributed by atoms with Crippen LogP contribution >= 0.6 is 0 Å². The van der Waals surface area contributed by atoms with Crippen molar-refractivity contribution in [2.24, 2.45) is 0 Å². The molecule has 8 heteroatoms. The van der Waals surface area contributed by atoms with Gasteiger partial charge in [-0.25, -0.2) is 0 Å².